The summed E-state index contributed by atoms with van der Waals surface area (Å²) in [6.45, 7) is 3.25. The Labute approximate surface area is 179 Å². The molecule has 4 heteroatoms. The second-order valence-electron chi connectivity index (χ2n) is 8.97. The molecule has 158 valence electrons. The zero-order chi connectivity index (χ0) is 20.3. The molecule has 0 aromatic heterocycles. The fourth-order valence-electron chi connectivity index (χ4n) is 5.45. The van der Waals surface area contributed by atoms with Gasteiger partial charge in [-0.1, -0.05) is 55.0 Å². The van der Waals surface area contributed by atoms with Crippen molar-refractivity contribution in [2.24, 2.45) is 0 Å². The first kappa shape index (κ1) is 19.6. The van der Waals surface area contributed by atoms with Gasteiger partial charge in [-0.25, -0.2) is 4.79 Å². The van der Waals surface area contributed by atoms with Crippen LogP contribution in [0.2, 0.25) is 0 Å². The van der Waals surface area contributed by atoms with E-state index < -0.39 is 0 Å². The van der Waals surface area contributed by atoms with Gasteiger partial charge in [-0.15, -0.1) is 0 Å². The standard InChI is InChI=1S/C26H32N2O2/c29-26(30-22-10-2-1-3-11-22)28-18-16-27(17-19-28)25-23-12-6-4-8-20(23)14-15-21-9-5-7-13-24(21)25/h4-9,12-13,22,25H,1-3,10-11,14-19H2. The lowest BCUT2D eigenvalue weighted by Gasteiger charge is -2.40. The van der Waals surface area contributed by atoms with E-state index in [0.29, 0.717) is 0 Å². The Morgan fingerprint density at radius 1 is 0.767 bits per heavy atom. The smallest absolute Gasteiger partial charge is 0.410 e. The SMILES string of the molecule is O=C(OC1CCCCC1)N1CCN(C2c3ccccc3CCc3ccccc32)CC1. The fraction of sp³-hybridized carbons (Fsp3) is 0.500. The quantitative estimate of drug-likeness (QED) is 0.709. The highest BCUT2D eigenvalue weighted by Crippen LogP contribution is 2.37. The lowest BCUT2D eigenvalue weighted by Crippen LogP contribution is -2.50. The highest BCUT2D eigenvalue weighted by molar-refractivity contribution is 5.68. The molecule has 3 aliphatic rings. The number of benzene rings is 2. The number of ether oxygens (including phenoxy) is 1. The van der Waals surface area contributed by atoms with Crippen molar-refractivity contribution in [1.29, 1.82) is 0 Å². The van der Waals surface area contributed by atoms with Gasteiger partial charge in [0.25, 0.3) is 0 Å². The molecule has 4 nitrogen and oxygen atoms in total. The second kappa shape index (κ2) is 8.81. The highest BCUT2D eigenvalue weighted by atomic mass is 16.6. The minimum Gasteiger partial charge on any atom is -0.446 e. The monoisotopic (exact) mass is 404 g/mol. The Kier molecular flexibility index (Phi) is 5.76. The molecule has 1 saturated carbocycles. The Morgan fingerprint density at radius 2 is 1.33 bits per heavy atom. The third-order valence-corrected chi connectivity index (χ3v) is 7.12. The van der Waals surface area contributed by atoms with Crippen molar-refractivity contribution in [3.8, 4) is 0 Å². The number of rotatable bonds is 2. The van der Waals surface area contributed by atoms with E-state index in [1.807, 2.05) is 4.90 Å². The van der Waals surface area contributed by atoms with E-state index in [1.54, 1.807) is 0 Å². The molecule has 0 unspecified atom stereocenters. The van der Waals surface area contributed by atoms with Crippen molar-refractivity contribution < 1.29 is 9.53 Å². The minimum atomic E-state index is -0.108. The molecule has 1 amide bonds. The fourth-order valence-corrected chi connectivity index (χ4v) is 5.45. The summed E-state index contributed by atoms with van der Waals surface area (Å²) in [5.74, 6) is 0. The van der Waals surface area contributed by atoms with Gasteiger partial charge in [0.05, 0.1) is 6.04 Å². The molecule has 0 spiro atoms. The highest BCUT2D eigenvalue weighted by Gasteiger charge is 2.32. The normalized spacial score (nSPS) is 20.9. The molecule has 5 rings (SSSR count). The van der Waals surface area contributed by atoms with Crippen LogP contribution in [-0.2, 0) is 17.6 Å². The molecular formula is C26H32N2O2. The van der Waals surface area contributed by atoms with Crippen LogP contribution < -0.4 is 0 Å². The van der Waals surface area contributed by atoms with Crippen LogP contribution in [0, 0.1) is 0 Å². The van der Waals surface area contributed by atoms with Gasteiger partial charge in [0, 0.05) is 26.2 Å². The van der Waals surface area contributed by atoms with Gasteiger partial charge < -0.3 is 9.64 Å². The third-order valence-electron chi connectivity index (χ3n) is 7.12. The number of piperazine rings is 1. The number of amides is 1. The molecule has 1 aliphatic heterocycles. The van der Waals surface area contributed by atoms with Crippen LogP contribution in [0.4, 0.5) is 4.79 Å². The van der Waals surface area contributed by atoms with Gasteiger partial charge in [0.15, 0.2) is 0 Å². The summed E-state index contributed by atoms with van der Waals surface area (Å²) in [5.41, 5.74) is 5.78. The lowest BCUT2D eigenvalue weighted by molar-refractivity contribution is 0.0294. The van der Waals surface area contributed by atoms with Gasteiger partial charge in [0.2, 0.25) is 0 Å². The first-order chi connectivity index (χ1) is 14.8. The van der Waals surface area contributed by atoms with E-state index in [1.165, 1.54) is 41.5 Å². The molecule has 2 aliphatic carbocycles. The molecular weight excluding hydrogens is 372 g/mol. The number of hydrogen-bond donors (Lipinski definition) is 0. The van der Waals surface area contributed by atoms with Gasteiger partial charge in [0.1, 0.15) is 6.10 Å². The van der Waals surface area contributed by atoms with Crippen LogP contribution in [0.1, 0.15) is 60.4 Å². The van der Waals surface area contributed by atoms with Crippen molar-refractivity contribution >= 4 is 6.09 Å². The zero-order valence-corrected chi connectivity index (χ0v) is 17.8. The number of nitrogens with zero attached hydrogens (tertiary/aromatic N) is 2. The van der Waals surface area contributed by atoms with E-state index in [4.69, 9.17) is 4.74 Å². The average molecular weight is 405 g/mol. The average Bonchev–Trinajstić information content (AvgIpc) is 2.97. The van der Waals surface area contributed by atoms with E-state index in [2.05, 4.69) is 53.4 Å². The Balaban J connectivity index is 1.32. The molecule has 0 bridgehead atoms. The van der Waals surface area contributed by atoms with Crippen LogP contribution in [0.5, 0.6) is 0 Å². The number of carbonyl (C=O) groups excluding carboxylic acids is 1. The van der Waals surface area contributed by atoms with Crippen LogP contribution >= 0.6 is 0 Å². The first-order valence-corrected chi connectivity index (χ1v) is 11.6. The van der Waals surface area contributed by atoms with E-state index >= 15 is 0 Å². The molecule has 1 saturated heterocycles. The van der Waals surface area contributed by atoms with Crippen molar-refractivity contribution in [2.45, 2.75) is 57.1 Å². The van der Waals surface area contributed by atoms with Crippen LogP contribution in [0.15, 0.2) is 48.5 Å². The van der Waals surface area contributed by atoms with Crippen molar-refractivity contribution in [2.75, 3.05) is 26.2 Å². The zero-order valence-electron chi connectivity index (χ0n) is 17.8. The van der Waals surface area contributed by atoms with E-state index in [-0.39, 0.29) is 18.2 Å². The number of hydrogen-bond acceptors (Lipinski definition) is 3. The topological polar surface area (TPSA) is 32.8 Å². The number of carbonyl (C=O) groups is 1. The molecule has 30 heavy (non-hydrogen) atoms. The van der Waals surface area contributed by atoms with Crippen LogP contribution in [0.3, 0.4) is 0 Å². The van der Waals surface area contributed by atoms with Gasteiger partial charge in [-0.2, -0.15) is 0 Å². The molecule has 1 heterocycles. The summed E-state index contributed by atoms with van der Waals surface area (Å²) in [6.07, 6.45) is 7.92. The molecule has 0 atom stereocenters. The number of aryl methyl sites for hydroxylation is 2. The Morgan fingerprint density at radius 3 is 1.93 bits per heavy atom. The minimum absolute atomic E-state index is 0.108. The van der Waals surface area contributed by atoms with E-state index in [9.17, 15) is 4.79 Å². The molecule has 0 N–H and O–H groups in total. The third kappa shape index (κ3) is 3.98. The van der Waals surface area contributed by atoms with Crippen molar-refractivity contribution in [3.05, 3.63) is 70.8 Å². The maximum Gasteiger partial charge on any atom is 0.410 e. The molecule has 2 aromatic rings. The van der Waals surface area contributed by atoms with Crippen molar-refractivity contribution in [3.63, 3.8) is 0 Å². The van der Waals surface area contributed by atoms with Gasteiger partial charge in [-0.05, 0) is 60.8 Å². The predicted molar refractivity (Wildman–Crippen MR) is 119 cm³/mol. The Bertz CT molecular complexity index is 835. The van der Waals surface area contributed by atoms with Gasteiger partial charge >= 0.3 is 6.09 Å². The summed E-state index contributed by atoms with van der Waals surface area (Å²) in [7, 11) is 0. The largest absolute Gasteiger partial charge is 0.446 e. The molecule has 2 fully saturated rings. The van der Waals surface area contributed by atoms with Crippen LogP contribution in [0.25, 0.3) is 0 Å². The first-order valence-electron chi connectivity index (χ1n) is 11.6. The van der Waals surface area contributed by atoms with Gasteiger partial charge in [-0.3, -0.25) is 4.90 Å². The number of fused-ring (bicyclic) bond motifs is 2. The summed E-state index contributed by atoms with van der Waals surface area (Å²) in [6, 6.07) is 18.1. The lowest BCUT2D eigenvalue weighted by atomic mass is 9.93. The summed E-state index contributed by atoms with van der Waals surface area (Å²) < 4.78 is 5.81. The Hall–Kier alpha value is -2.33. The van der Waals surface area contributed by atoms with Crippen LogP contribution in [-0.4, -0.2) is 48.2 Å². The predicted octanol–water partition coefficient (Wildman–Crippen LogP) is 4.96. The second-order valence-corrected chi connectivity index (χ2v) is 8.97. The summed E-state index contributed by atoms with van der Waals surface area (Å²) in [5, 5.41) is 0. The molecule has 0 radical (unpaired) electrons. The summed E-state index contributed by atoms with van der Waals surface area (Å²) >= 11 is 0. The van der Waals surface area contributed by atoms with Crippen molar-refractivity contribution in [1.82, 2.24) is 9.80 Å². The summed E-state index contributed by atoms with van der Waals surface area (Å²) in [4.78, 5) is 17.2. The van der Waals surface area contributed by atoms with E-state index in [0.717, 1.165) is 51.9 Å². The maximum atomic E-state index is 12.7. The molecule has 2 aromatic carbocycles. The maximum absolute atomic E-state index is 12.7.